The van der Waals surface area contributed by atoms with Gasteiger partial charge in [-0.25, -0.2) is 4.68 Å². The molecule has 0 radical (unpaired) electrons. The molecule has 3 aromatic rings. The molecular weight excluding hydrogens is 396 g/mol. The summed E-state index contributed by atoms with van der Waals surface area (Å²) in [5.41, 5.74) is 8.39. The van der Waals surface area contributed by atoms with E-state index >= 15 is 0 Å². The molecule has 9 heteroatoms. The van der Waals surface area contributed by atoms with E-state index in [-0.39, 0.29) is 0 Å². The number of carbonyl (C=O) groups is 1. The molecule has 0 fully saturated rings. The summed E-state index contributed by atoms with van der Waals surface area (Å²) in [6.07, 6.45) is 1.68. The van der Waals surface area contributed by atoms with Crippen LogP contribution in [0.1, 0.15) is 24.2 Å². The van der Waals surface area contributed by atoms with Crippen LogP contribution in [0.2, 0.25) is 5.02 Å². The first-order valence-electron chi connectivity index (χ1n) is 8.56. The van der Waals surface area contributed by atoms with Crippen LogP contribution >= 0.6 is 23.4 Å². The van der Waals surface area contributed by atoms with Crippen molar-refractivity contribution >= 4 is 35.2 Å². The van der Waals surface area contributed by atoms with Crippen molar-refractivity contribution in [1.82, 2.24) is 19.7 Å². The second kappa shape index (κ2) is 7.65. The number of carbonyl (C=O) groups excluding carboxylic acids is 1. The zero-order chi connectivity index (χ0) is 19.7. The molecule has 142 valence electrons. The first kappa shape index (κ1) is 18.5. The van der Waals surface area contributed by atoms with Crippen molar-refractivity contribution in [2.75, 3.05) is 5.32 Å². The van der Waals surface area contributed by atoms with E-state index in [1.165, 1.54) is 11.8 Å². The second-order valence-corrected chi connectivity index (χ2v) is 7.58. The van der Waals surface area contributed by atoms with Crippen molar-refractivity contribution in [3.63, 3.8) is 0 Å². The van der Waals surface area contributed by atoms with Crippen LogP contribution in [0.15, 0.2) is 65.1 Å². The molecule has 3 heterocycles. The highest BCUT2D eigenvalue weighted by Gasteiger charge is 2.34. The largest absolute Gasteiger partial charge is 0.366 e. The number of allylic oxidation sites excluding steroid dienone is 1. The van der Waals surface area contributed by atoms with Gasteiger partial charge in [0.25, 0.3) is 0 Å². The SMILES string of the molecule is CC1=C(C(N)=O)[C@H](c2ccccn2)n2nc(SCc3ccccc3Cl)nc2N1. The van der Waals surface area contributed by atoms with Gasteiger partial charge in [0.05, 0.1) is 11.3 Å². The molecule has 1 aromatic carbocycles. The van der Waals surface area contributed by atoms with Gasteiger partial charge in [0, 0.05) is 22.7 Å². The van der Waals surface area contributed by atoms with Crippen LogP contribution in [0.5, 0.6) is 0 Å². The highest BCUT2D eigenvalue weighted by atomic mass is 35.5. The first-order chi connectivity index (χ1) is 13.5. The number of thioether (sulfide) groups is 1. The van der Waals surface area contributed by atoms with Gasteiger partial charge in [-0.3, -0.25) is 9.78 Å². The fourth-order valence-corrected chi connectivity index (χ4v) is 4.20. The lowest BCUT2D eigenvalue weighted by molar-refractivity contribution is -0.115. The van der Waals surface area contributed by atoms with Gasteiger partial charge < -0.3 is 11.1 Å². The summed E-state index contributed by atoms with van der Waals surface area (Å²) in [7, 11) is 0. The number of nitrogens with zero attached hydrogens (tertiary/aromatic N) is 4. The Balaban J connectivity index is 1.68. The molecule has 0 bridgehead atoms. The van der Waals surface area contributed by atoms with Gasteiger partial charge in [-0.1, -0.05) is 47.6 Å². The number of hydrogen-bond acceptors (Lipinski definition) is 6. The Morgan fingerprint density at radius 2 is 2.07 bits per heavy atom. The molecule has 0 saturated heterocycles. The minimum absolute atomic E-state index is 0.416. The zero-order valence-corrected chi connectivity index (χ0v) is 16.5. The lowest BCUT2D eigenvalue weighted by atomic mass is 9.99. The summed E-state index contributed by atoms with van der Waals surface area (Å²) < 4.78 is 1.66. The standard InChI is InChI=1S/C19H17ClN6OS/c1-11-15(17(21)27)16(14-8-4-5-9-22-14)26-18(23-11)24-19(25-26)28-10-12-6-2-3-7-13(12)20/h2-9,16H,10H2,1H3,(H2,21,27)(H,23,24,25)/t16-/m0/s1. The molecule has 1 atom stereocenters. The first-order valence-corrected chi connectivity index (χ1v) is 9.92. The number of benzene rings is 1. The summed E-state index contributed by atoms with van der Waals surface area (Å²) in [6, 6.07) is 12.7. The maximum atomic E-state index is 12.1. The smallest absolute Gasteiger partial charge is 0.248 e. The zero-order valence-electron chi connectivity index (χ0n) is 15.0. The summed E-state index contributed by atoms with van der Waals surface area (Å²) in [4.78, 5) is 21.1. The highest BCUT2D eigenvalue weighted by molar-refractivity contribution is 7.98. The third-order valence-corrected chi connectivity index (χ3v) is 5.64. The lowest BCUT2D eigenvalue weighted by Crippen LogP contribution is -2.32. The van der Waals surface area contributed by atoms with E-state index in [4.69, 9.17) is 17.3 Å². The summed E-state index contributed by atoms with van der Waals surface area (Å²) in [6.45, 7) is 1.80. The van der Waals surface area contributed by atoms with Crippen LogP contribution in [0.4, 0.5) is 5.95 Å². The molecule has 0 spiro atoms. The minimum atomic E-state index is -0.530. The third kappa shape index (κ3) is 3.48. The predicted molar refractivity (Wildman–Crippen MR) is 109 cm³/mol. The van der Waals surface area contributed by atoms with Gasteiger partial charge in [0.15, 0.2) is 0 Å². The number of primary amides is 1. The molecule has 28 heavy (non-hydrogen) atoms. The van der Waals surface area contributed by atoms with E-state index < -0.39 is 11.9 Å². The number of hydrogen-bond donors (Lipinski definition) is 2. The molecule has 0 saturated carbocycles. The fourth-order valence-electron chi connectivity index (χ4n) is 3.08. The Morgan fingerprint density at radius 3 is 2.79 bits per heavy atom. The van der Waals surface area contributed by atoms with Crippen molar-refractivity contribution in [3.8, 4) is 0 Å². The van der Waals surface area contributed by atoms with E-state index in [0.29, 0.717) is 38.8 Å². The van der Waals surface area contributed by atoms with Crippen LogP contribution in [-0.4, -0.2) is 25.7 Å². The number of rotatable bonds is 5. The minimum Gasteiger partial charge on any atom is -0.366 e. The molecular formula is C19H17ClN6OS. The van der Waals surface area contributed by atoms with Crippen LogP contribution in [0.3, 0.4) is 0 Å². The average Bonchev–Trinajstić information content (AvgIpc) is 3.09. The Kier molecular flexibility index (Phi) is 5.06. The number of nitrogens with one attached hydrogen (secondary N) is 1. The van der Waals surface area contributed by atoms with Gasteiger partial charge in [0.2, 0.25) is 17.0 Å². The lowest BCUT2D eigenvalue weighted by Gasteiger charge is -2.26. The topological polar surface area (TPSA) is 98.7 Å². The monoisotopic (exact) mass is 412 g/mol. The van der Waals surface area contributed by atoms with Gasteiger partial charge in [-0.15, -0.1) is 5.10 Å². The van der Waals surface area contributed by atoms with Gasteiger partial charge >= 0.3 is 0 Å². The van der Waals surface area contributed by atoms with Crippen LogP contribution in [0, 0.1) is 0 Å². The van der Waals surface area contributed by atoms with Crippen molar-refractivity contribution in [3.05, 3.63) is 76.2 Å². The fraction of sp³-hybridized carbons (Fsp3) is 0.158. The van der Waals surface area contributed by atoms with Crippen molar-refractivity contribution in [2.45, 2.75) is 23.9 Å². The van der Waals surface area contributed by atoms with Gasteiger partial charge in [-0.05, 0) is 30.7 Å². The molecule has 2 aromatic heterocycles. The number of pyridine rings is 1. The van der Waals surface area contributed by atoms with Crippen LogP contribution in [-0.2, 0) is 10.5 Å². The quantitative estimate of drug-likeness (QED) is 0.623. The second-order valence-electron chi connectivity index (χ2n) is 6.23. The Morgan fingerprint density at radius 1 is 1.29 bits per heavy atom. The Labute approximate surface area is 171 Å². The summed E-state index contributed by atoms with van der Waals surface area (Å²) in [5.74, 6) is 0.652. The molecule has 1 amide bonds. The number of halogens is 1. The van der Waals surface area contributed by atoms with Gasteiger partial charge in [0.1, 0.15) is 6.04 Å². The molecule has 0 unspecified atom stereocenters. The van der Waals surface area contributed by atoms with Crippen molar-refractivity contribution < 1.29 is 4.79 Å². The maximum Gasteiger partial charge on any atom is 0.248 e. The van der Waals surface area contributed by atoms with E-state index in [1.54, 1.807) is 17.8 Å². The van der Waals surface area contributed by atoms with Crippen LogP contribution in [0.25, 0.3) is 0 Å². The number of nitrogens with two attached hydrogens (primary N) is 1. The number of aromatic nitrogens is 4. The predicted octanol–water partition coefficient (Wildman–Crippen LogP) is 3.39. The normalized spacial score (nSPS) is 15.9. The number of anilines is 1. The number of amides is 1. The van der Waals surface area contributed by atoms with E-state index in [2.05, 4.69) is 20.4 Å². The maximum absolute atomic E-state index is 12.1. The van der Waals surface area contributed by atoms with E-state index in [1.807, 2.05) is 42.5 Å². The summed E-state index contributed by atoms with van der Waals surface area (Å²) >= 11 is 7.70. The molecule has 4 rings (SSSR count). The molecule has 1 aliphatic heterocycles. The van der Waals surface area contributed by atoms with Gasteiger partial charge in [-0.2, -0.15) is 4.98 Å². The Bertz CT molecular complexity index is 1070. The van der Waals surface area contributed by atoms with Crippen LogP contribution < -0.4 is 11.1 Å². The Hall–Kier alpha value is -2.84. The molecule has 1 aliphatic rings. The van der Waals surface area contributed by atoms with Crippen molar-refractivity contribution in [2.24, 2.45) is 5.73 Å². The molecule has 7 nitrogen and oxygen atoms in total. The summed E-state index contributed by atoms with van der Waals surface area (Å²) in [5, 5.41) is 9.00. The molecule has 3 N–H and O–H groups in total. The average molecular weight is 413 g/mol. The van der Waals surface area contributed by atoms with Crippen molar-refractivity contribution in [1.29, 1.82) is 0 Å². The highest BCUT2D eigenvalue weighted by Crippen LogP contribution is 2.35. The molecule has 0 aliphatic carbocycles. The van der Waals surface area contributed by atoms with E-state index in [9.17, 15) is 4.79 Å². The number of fused-ring (bicyclic) bond motifs is 1. The van der Waals surface area contributed by atoms with E-state index in [0.717, 1.165) is 5.56 Å². The third-order valence-electron chi connectivity index (χ3n) is 4.38.